The standard InChI is InChI=1S/C10H21N2O3/c1-2-3-10(13)12-5-7-15-9-8-14-6-4-11/h1-9,11H2,(H,12,13). The van der Waals surface area contributed by atoms with E-state index < -0.39 is 0 Å². The molecular weight excluding hydrogens is 196 g/mol. The van der Waals surface area contributed by atoms with Crippen LogP contribution >= 0.6 is 0 Å². The second kappa shape index (κ2) is 11.4. The quantitative estimate of drug-likeness (QED) is 0.493. The number of ether oxygens (including phenoxy) is 2. The highest BCUT2D eigenvalue weighted by Gasteiger charge is 1.97. The lowest BCUT2D eigenvalue weighted by Crippen LogP contribution is -2.27. The molecule has 0 aliphatic carbocycles. The zero-order chi connectivity index (χ0) is 11.4. The van der Waals surface area contributed by atoms with E-state index in [1.54, 1.807) is 0 Å². The largest absolute Gasteiger partial charge is 0.378 e. The van der Waals surface area contributed by atoms with Crippen LogP contribution in [0.1, 0.15) is 12.8 Å². The minimum atomic E-state index is 0.0213. The van der Waals surface area contributed by atoms with Crippen molar-refractivity contribution in [2.45, 2.75) is 12.8 Å². The van der Waals surface area contributed by atoms with Gasteiger partial charge in [0, 0.05) is 19.5 Å². The average Bonchev–Trinajstić information content (AvgIpc) is 2.22. The molecule has 0 aliphatic heterocycles. The summed E-state index contributed by atoms with van der Waals surface area (Å²) in [7, 11) is 0. The van der Waals surface area contributed by atoms with Crippen molar-refractivity contribution in [1.82, 2.24) is 5.32 Å². The number of carbonyl (C=O) groups excluding carboxylic acids is 1. The number of amides is 1. The van der Waals surface area contributed by atoms with E-state index in [4.69, 9.17) is 15.2 Å². The van der Waals surface area contributed by atoms with Gasteiger partial charge < -0.3 is 20.5 Å². The lowest BCUT2D eigenvalue weighted by Gasteiger charge is -2.06. The minimum Gasteiger partial charge on any atom is -0.378 e. The Labute approximate surface area is 91.3 Å². The molecule has 0 aromatic carbocycles. The molecule has 0 heterocycles. The first kappa shape index (κ1) is 14.3. The second-order valence-corrected chi connectivity index (χ2v) is 2.97. The Bertz CT molecular complexity index is 154. The van der Waals surface area contributed by atoms with E-state index in [1.807, 2.05) is 0 Å². The molecule has 3 N–H and O–H groups in total. The number of rotatable bonds is 10. The molecule has 0 aromatic rings. The molecule has 89 valence electrons. The predicted molar refractivity (Wildman–Crippen MR) is 58.3 cm³/mol. The number of carbonyl (C=O) groups is 1. The Balaban J connectivity index is 3.01. The van der Waals surface area contributed by atoms with Gasteiger partial charge in [-0.05, 0) is 6.42 Å². The van der Waals surface area contributed by atoms with Crippen molar-refractivity contribution in [3.05, 3.63) is 6.92 Å². The zero-order valence-corrected chi connectivity index (χ0v) is 9.17. The van der Waals surface area contributed by atoms with Crippen LogP contribution in [0.4, 0.5) is 0 Å². The Kier molecular flexibility index (Phi) is 10.9. The maximum absolute atomic E-state index is 11.0. The van der Waals surface area contributed by atoms with Gasteiger partial charge >= 0.3 is 0 Å². The van der Waals surface area contributed by atoms with Gasteiger partial charge in [-0.2, -0.15) is 0 Å². The molecule has 0 saturated carbocycles. The maximum Gasteiger partial charge on any atom is 0.220 e. The summed E-state index contributed by atoms with van der Waals surface area (Å²) in [6.07, 6.45) is 1.10. The third-order valence-electron chi connectivity index (χ3n) is 1.61. The molecule has 0 unspecified atom stereocenters. The maximum atomic E-state index is 11.0. The van der Waals surface area contributed by atoms with Gasteiger partial charge in [0.15, 0.2) is 0 Å². The van der Waals surface area contributed by atoms with Crippen LogP contribution in [0.5, 0.6) is 0 Å². The van der Waals surface area contributed by atoms with Crippen LogP contribution in [-0.4, -0.2) is 45.4 Å². The molecule has 5 heteroatoms. The molecule has 0 rings (SSSR count). The Morgan fingerprint density at radius 3 is 2.47 bits per heavy atom. The van der Waals surface area contributed by atoms with Crippen LogP contribution in [0.2, 0.25) is 0 Å². The highest BCUT2D eigenvalue weighted by molar-refractivity contribution is 5.75. The van der Waals surface area contributed by atoms with Crippen LogP contribution in [0.3, 0.4) is 0 Å². The fourth-order valence-electron chi connectivity index (χ4n) is 0.917. The van der Waals surface area contributed by atoms with Crippen LogP contribution < -0.4 is 11.1 Å². The molecule has 0 fully saturated rings. The predicted octanol–water partition coefficient (Wildman–Crippen LogP) is -0.291. The summed E-state index contributed by atoms with van der Waals surface area (Å²) < 4.78 is 10.3. The molecule has 0 bridgehead atoms. The molecule has 0 saturated heterocycles. The van der Waals surface area contributed by atoms with E-state index in [1.165, 1.54) is 0 Å². The average molecular weight is 217 g/mol. The first-order valence-electron chi connectivity index (χ1n) is 5.22. The summed E-state index contributed by atoms with van der Waals surface area (Å²) in [5.74, 6) is 0.0213. The fourth-order valence-corrected chi connectivity index (χ4v) is 0.917. The van der Waals surface area contributed by atoms with Gasteiger partial charge in [0.2, 0.25) is 5.91 Å². The molecule has 0 spiro atoms. The van der Waals surface area contributed by atoms with E-state index in [-0.39, 0.29) is 5.91 Å². The van der Waals surface area contributed by atoms with Gasteiger partial charge in [0.1, 0.15) is 0 Å². The van der Waals surface area contributed by atoms with Crippen molar-refractivity contribution in [2.24, 2.45) is 5.73 Å². The van der Waals surface area contributed by atoms with Crippen LogP contribution in [0, 0.1) is 6.92 Å². The van der Waals surface area contributed by atoms with Crippen LogP contribution in [0.25, 0.3) is 0 Å². The summed E-state index contributed by atoms with van der Waals surface area (Å²) in [6, 6.07) is 0. The molecule has 5 nitrogen and oxygen atoms in total. The molecule has 1 radical (unpaired) electrons. The smallest absolute Gasteiger partial charge is 0.220 e. The van der Waals surface area contributed by atoms with Crippen molar-refractivity contribution in [2.75, 3.05) is 39.5 Å². The van der Waals surface area contributed by atoms with Gasteiger partial charge in [-0.15, -0.1) is 0 Å². The van der Waals surface area contributed by atoms with E-state index in [2.05, 4.69) is 12.2 Å². The molecule has 0 aromatic heterocycles. The SMILES string of the molecule is [CH2]CCC(=O)NCCOCCOCCN. The summed E-state index contributed by atoms with van der Waals surface area (Å²) >= 11 is 0. The lowest BCUT2D eigenvalue weighted by molar-refractivity contribution is -0.121. The highest BCUT2D eigenvalue weighted by atomic mass is 16.5. The van der Waals surface area contributed by atoms with Crippen molar-refractivity contribution in [3.8, 4) is 0 Å². The molecule has 15 heavy (non-hydrogen) atoms. The summed E-state index contributed by atoms with van der Waals surface area (Å²) in [4.78, 5) is 11.0. The van der Waals surface area contributed by atoms with Gasteiger partial charge in [-0.1, -0.05) is 6.92 Å². The van der Waals surface area contributed by atoms with Crippen molar-refractivity contribution in [3.63, 3.8) is 0 Å². The zero-order valence-electron chi connectivity index (χ0n) is 9.17. The Morgan fingerprint density at radius 1 is 1.20 bits per heavy atom. The molecule has 0 atom stereocenters. The van der Waals surface area contributed by atoms with E-state index in [9.17, 15) is 4.79 Å². The monoisotopic (exact) mass is 217 g/mol. The van der Waals surface area contributed by atoms with E-state index in [0.717, 1.165) is 0 Å². The van der Waals surface area contributed by atoms with Crippen molar-refractivity contribution < 1.29 is 14.3 Å². The number of nitrogens with two attached hydrogens (primary N) is 1. The molecule has 0 aliphatic rings. The number of hydrogen-bond donors (Lipinski definition) is 2. The van der Waals surface area contributed by atoms with Gasteiger partial charge in [-0.3, -0.25) is 4.79 Å². The summed E-state index contributed by atoms with van der Waals surface area (Å²) in [5.41, 5.74) is 5.23. The second-order valence-electron chi connectivity index (χ2n) is 2.97. The van der Waals surface area contributed by atoms with Crippen LogP contribution in [0.15, 0.2) is 0 Å². The fraction of sp³-hybridized carbons (Fsp3) is 0.800. The van der Waals surface area contributed by atoms with Gasteiger partial charge in [0.05, 0.1) is 26.4 Å². The topological polar surface area (TPSA) is 73.6 Å². The third kappa shape index (κ3) is 11.3. The first-order chi connectivity index (χ1) is 7.31. The van der Waals surface area contributed by atoms with E-state index >= 15 is 0 Å². The van der Waals surface area contributed by atoms with E-state index in [0.29, 0.717) is 52.4 Å². The summed E-state index contributed by atoms with van der Waals surface area (Å²) in [5, 5.41) is 2.72. The van der Waals surface area contributed by atoms with Crippen molar-refractivity contribution >= 4 is 5.91 Å². The van der Waals surface area contributed by atoms with Gasteiger partial charge in [0.25, 0.3) is 0 Å². The lowest BCUT2D eigenvalue weighted by atomic mass is 10.3. The molecular formula is C10H21N2O3. The molecule has 1 amide bonds. The number of hydrogen-bond acceptors (Lipinski definition) is 4. The third-order valence-corrected chi connectivity index (χ3v) is 1.61. The van der Waals surface area contributed by atoms with Crippen molar-refractivity contribution in [1.29, 1.82) is 0 Å². The Morgan fingerprint density at radius 2 is 1.87 bits per heavy atom. The normalized spacial score (nSPS) is 10.3. The first-order valence-corrected chi connectivity index (χ1v) is 5.22. The van der Waals surface area contributed by atoms with Gasteiger partial charge in [-0.25, -0.2) is 0 Å². The van der Waals surface area contributed by atoms with Crippen LogP contribution in [-0.2, 0) is 14.3 Å². The Hall–Kier alpha value is -0.650. The highest BCUT2D eigenvalue weighted by Crippen LogP contribution is 1.84. The number of nitrogens with one attached hydrogen (secondary N) is 1. The summed E-state index contributed by atoms with van der Waals surface area (Å²) in [6.45, 7) is 6.81. The minimum absolute atomic E-state index is 0.0213.